The Kier molecular flexibility index (Phi) is 16.0. The molecule has 2 amide bonds. The molecule has 2 atom stereocenters. The normalized spacial score (nSPS) is 12.0. The Hall–Kier alpha value is -7.24. The van der Waals surface area contributed by atoms with Crippen molar-refractivity contribution in [2.24, 2.45) is 0 Å². The minimum absolute atomic E-state index is 0.205. The summed E-state index contributed by atoms with van der Waals surface area (Å²) in [6, 6.07) is 70.3. The van der Waals surface area contributed by atoms with E-state index in [1.165, 1.54) is 0 Å². The van der Waals surface area contributed by atoms with Gasteiger partial charge in [-0.15, -0.1) is 0 Å². The molecule has 0 heterocycles. The minimum atomic E-state index is -3.06. The summed E-state index contributed by atoms with van der Waals surface area (Å²) in [5.41, 5.74) is 2.86. The van der Waals surface area contributed by atoms with Crippen molar-refractivity contribution in [1.82, 2.24) is 10.6 Å². The molecule has 0 spiro atoms. The molecule has 0 saturated heterocycles. The van der Waals surface area contributed by atoms with E-state index in [0.717, 1.165) is 43.8 Å². The number of rotatable bonds is 16. The van der Waals surface area contributed by atoms with Crippen LogP contribution in [0.2, 0.25) is 0 Å². The fourth-order valence-corrected chi connectivity index (χ4v) is 13.4. The highest BCUT2D eigenvalue weighted by Crippen LogP contribution is 2.48. The molecule has 0 aromatic heterocycles. The topological polar surface area (TPSA) is 111 Å². The predicted octanol–water partition coefficient (Wildman–Crippen LogP) is 10.4. The number of benzene rings is 8. The monoisotopic (exact) mass is 910 g/mol. The number of hydrogen-bond donors (Lipinski definition) is 2. The van der Waals surface area contributed by atoms with E-state index in [4.69, 9.17) is 9.47 Å². The lowest BCUT2D eigenvalue weighted by Gasteiger charge is -2.26. The Morgan fingerprint density at radius 1 is 0.379 bits per heavy atom. The van der Waals surface area contributed by atoms with Gasteiger partial charge in [0.2, 0.25) is 0 Å². The molecule has 0 radical (unpaired) electrons. The molecule has 0 unspecified atom stereocenters. The second-order valence-corrected chi connectivity index (χ2v) is 21.3. The maximum atomic E-state index is 14.7. The summed E-state index contributed by atoms with van der Waals surface area (Å²) in [4.78, 5) is 26.2. The van der Waals surface area contributed by atoms with Crippen LogP contribution in [0.5, 0.6) is 11.5 Å². The van der Waals surface area contributed by atoms with Crippen LogP contribution in [0, 0.1) is 0 Å². The molecule has 8 aromatic carbocycles. The van der Waals surface area contributed by atoms with Gasteiger partial charge < -0.3 is 29.2 Å². The molecule has 0 aliphatic carbocycles. The second-order valence-electron chi connectivity index (χ2n) is 15.5. The highest BCUT2D eigenvalue weighted by molar-refractivity contribution is 7.79. The third-order valence-electron chi connectivity index (χ3n) is 11.3. The van der Waals surface area contributed by atoms with Crippen molar-refractivity contribution in [3.05, 3.63) is 253 Å². The lowest BCUT2D eigenvalue weighted by Crippen LogP contribution is -2.33. The molecule has 0 saturated carbocycles. The third-order valence-corrected chi connectivity index (χ3v) is 17.6. The van der Waals surface area contributed by atoms with Gasteiger partial charge in [0.15, 0.2) is 0 Å². The first-order valence-corrected chi connectivity index (χ1v) is 25.4. The van der Waals surface area contributed by atoms with Crippen LogP contribution in [-0.2, 0) is 9.13 Å². The van der Waals surface area contributed by atoms with E-state index in [1.54, 1.807) is 38.5 Å². The van der Waals surface area contributed by atoms with E-state index in [1.807, 2.05) is 206 Å². The van der Waals surface area contributed by atoms with Crippen molar-refractivity contribution in [3.8, 4) is 11.5 Å². The Morgan fingerprint density at radius 3 is 0.864 bits per heavy atom. The third kappa shape index (κ3) is 11.7. The predicted molar refractivity (Wildman–Crippen MR) is 269 cm³/mol. The van der Waals surface area contributed by atoms with Gasteiger partial charge in [0.1, 0.15) is 25.8 Å². The van der Waals surface area contributed by atoms with Crippen LogP contribution in [0.3, 0.4) is 0 Å². The summed E-state index contributed by atoms with van der Waals surface area (Å²) in [5, 5.41) is 9.33. The lowest BCUT2D eigenvalue weighted by molar-refractivity contribution is 0.0932. The van der Waals surface area contributed by atoms with Crippen LogP contribution in [0.1, 0.15) is 43.9 Å². The molecule has 0 aliphatic heterocycles. The summed E-state index contributed by atoms with van der Waals surface area (Å²) < 4.78 is 39.9. The molecular weight excluding hydrogens is 859 g/mol. The lowest BCUT2D eigenvalue weighted by atomic mass is 10.1. The maximum absolute atomic E-state index is 14.7. The van der Waals surface area contributed by atoms with Gasteiger partial charge in [-0.05, 0) is 59.7 Å². The van der Waals surface area contributed by atoms with Gasteiger partial charge in [0, 0.05) is 44.7 Å². The molecule has 66 heavy (non-hydrogen) atoms. The van der Waals surface area contributed by atoms with Crippen molar-refractivity contribution < 1.29 is 28.2 Å². The zero-order valence-corrected chi connectivity index (χ0v) is 38.6. The smallest absolute Gasteiger partial charge is 0.251 e. The Balaban J connectivity index is 0.000000196. The van der Waals surface area contributed by atoms with E-state index in [9.17, 15) is 18.7 Å². The van der Waals surface area contributed by atoms with E-state index < -0.39 is 26.4 Å². The largest absolute Gasteiger partial charge is 0.497 e. The quantitative estimate of drug-likeness (QED) is 0.0935. The van der Waals surface area contributed by atoms with Gasteiger partial charge in [-0.25, -0.2) is 0 Å². The number of carbonyl (C=O) groups excluding carboxylic acids is 2. The second kappa shape index (κ2) is 22.6. The minimum Gasteiger partial charge on any atom is -0.497 e. The molecule has 8 aromatic rings. The van der Waals surface area contributed by atoms with Gasteiger partial charge in [0.25, 0.3) is 11.8 Å². The summed E-state index contributed by atoms with van der Waals surface area (Å²) in [5.74, 6) is 1.04. The zero-order valence-electron chi connectivity index (χ0n) is 36.9. The van der Waals surface area contributed by atoms with Crippen LogP contribution >= 0.6 is 14.3 Å². The van der Waals surface area contributed by atoms with Gasteiger partial charge in [-0.1, -0.05) is 182 Å². The van der Waals surface area contributed by atoms with Crippen LogP contribution in [0.15, 0.2) is 231 Å². The first-order chi connectivity index (χ1) is 32.2. The number of methoxy groups -OCH3 is 2. The van der Waals surface area contributed by atoms with E-state index in [2.05, 4.69) is 10.6 Å². The SMILES string of the molecule is COc1ccc([C@H](CP(=O)(c2ccccc2)c2ccccc2)NC(=O)c2ccccc2)cc1.COc1ccc([C@H](CP(=O)(c2ccccc2)c2ccccc2)NC(=O)c2ccccc2)cc1. The summed E-state index contributed by atoms with van der Waals surface area (Å²) in [6.45, 7) is 0. The molecule has 10 heteroatoms. The molecule has 332 valence electrons. The maximum Gasteiger partial charge on any atom is 0.251 e. The average Bonchev–Trinajstić information content (AvgIpc) is 3.40. The van der Waals surface area contributed by atoms with Crippen molar-refractivity contribution in [2.45, 2.75) is 12.1 Å². The molecule has 0 bridgehead atoms. The van der Waals surface area contributed by atoms with E-state index in [-0.39, 0.29) is 24.1 Å². The molecule has 0 aliphatic rings. The first kappa shape index (κ1) is 46.7. The molecule has 2 N–H and O–H groups in total. The van der Waals surface area contributed by atoms with Gasteiger partial charge in [0.05, 0.1) is 26.3 Å². The highest BCUT2D eigenvalue weighted by Gasteiger charge is 2.34. The summed E-state index contributed by atoms with van der Waals surface area (Å²) >= 11 is 0. The fourth-order valence-electron chi connectivity index (χ4n) is 7.71. The fraction of sp³-hybridized carbons (Fsp3) is 0.107. The van der Waals surface area contributed by atoms with Crippen molar-refractivity contribution in [3.63, 3.8) is 0 Å². The Labute approximate surface area is 387 Å². The number of ether oxygens (including phenoxy) is 2. The molecule has 0 fully saturated rings. The van der Waals surface area contributed by atoms with Crippen molar-refractivity contribution >= 4 is 47.3 Å². The van der Waals surface area contributed by atoms with Gasteiger partial charge in [-0.2, -0.15) is 0 Å². The number of amides is 2. The van der Waals surface area contributed by atoms with Crippen LogP contribution < -0.4 is 41.3 Å². The van der Waals surface area contributed by atoms with Crippen LogP contribution in [-0.4, -0.2) is 38.4 Å². The average molecular weight is 911 g/mol. The number of hydrogen-bond acceptors (Lipinski definition) is 6. The van der Waals surface area contributed by atoms with E-state index >= 15 is 0 Å². The Bertz CT molecular complexity index is 2570. The molecule has 8 nitrogen and oxygen atoms in total. The highest BCUT2D eigenvalue weighted by atomic mass is 31.2. The number of carbonyl (C=O) groups is 2. The molecule has 8 rings (SSSR count). The first-order valence-electron chi connectivity index (χ1n) is 21.6. The van der Waals surface area contributed by atoms with Crippen LogP contribution in [0.4, 0.5) is 0 Å². The number of nitrogens with one attached hydrogen (secondary N) is 2. The van der Waals surface area contributed by atoms with Crippen molar-refractivity contribution in [2.75, 3.05) is 26.5 Å². The van der Waals surface area contributed by atoms with Gasteiger partial charge >= 0.3 is 0 Å². The van der Waals surface area contributed by atoms with Gasteiger partial charge in [-0.3, -0.25) is 9.59 Å². The Morgan fingerprint density at radius 2 is 0.621 bits per heavy atom. The zero-order chi connectivity index (χ0) is 46.2. The standard InChI is InChI=1S/2C28H26NO3P/c2*1-32-24-19-17-22(18-20-24)27(29-28(30)23-11-5-2-6-12-23)21-33(31,25-13-7-3-8-14-25)26-15-9-4-10-16-26/h2*2-20,27H,21H2,1H3,(H,29,30)/t2*27-/m00/s1. The summed E-state index contributed by atoms with van der Waals surface area (Å²) in [7, 11) is -2.89. The van der Waals surface area contributed by atoms with E-state index in [0.29, 0.717) is 11.1 Å². The van der Waals surface area contributed by atoms with Crippen LogP contribution in [0.25, 0.3) is 0 Å². The summed E-state index contributed by atoms with van der Waals surface area (Å²) in [6.07, 6.45) is 0.512. The van der Waals surface area contributed by atoms with Crippen molar-refractivity contribution in [1.29, 1.82) is 0 Å². The molecular formula is C56H52N2O6P2.